The van der Waals surface area contributed by atoms with Gasteiger partial charge in [-0.25, -0.2) is 0 Å². The zero-order valence-corrected chi connectivity index (χ0v) is 12.4. The summed E-state index contributed by atoms with van der Waals surface area (Å²) in [6.07, 6.45) is 0. The highest BCUT2D eigenvalue weighted by Crippen LogP contribution is 2.27. The largest absolute Gasteiger partial charge is 0.319 e. The number of hydrogen-bond donors (Lipinski definition) is 2. The minimum Gasteiger partial charge on any atom is -0.319 e. The first-order chi connectivity index (χ1) is 9.56. The third-order valence-electron chi connectivity index (χ3n) is 3.01. The summed E-state index contributed by atoms with van der Waals surface area (Å²) in [6, 6.07) is 4.56. The summed E-state index contributed by atoms with van der Waals surface area (Å²) in [6.45, 7) is 3.55. The zero-order chi connectivity index (χ0) is 14.5. The van der Waals surface area contributed by atoms with Crippen LogP contribution in [0.1, 0.15) is 0 Å². The van der Waals surface area contributed by atoms with Crippen LogP contribution in [0.4, 0.5) is 11.4 Å². The van der Waals surface area contributed by atoms with Crippen LogP contribution in [0, 0.1) is 10.1 Å². The van der Waals surface area contributed by atoms with Crippen LogP contribution in [0.15, 0.2) is 22.7 Å². The SMILES string of the molecule is O=C(CN1CCNCC1)Nc1ccc(Br)cc1[N+](=O)[O-]. The number of nitrogens with one attached hydrogen (secondary N) is 2. The number of benzene rings is 1. The molecule has 1 saturated heterocycles. The van der Waals surface area contributed by atoms with Gasteiger partial charge in [-0.2, -0.15) is 0 Å². The fourth-order valence-electron chi connectivity index (χ4n) is 2.02. The van der Waals surface area contributed by atoms with E-state index in [4.69, 9.17) is 0 Å². The lowest BCUT2D eigenvalue weighted by Gasteiger charge is -2.26. The summed E-state index contributed by atoms with van der Waals surface area (Å²) in [5, 5.41) is 16.8. The lowest BCUT2D eigenvalue weighted by molar-refractivity contribution is -0.384. The highest BCUT2D eigenvalue weighted by molar-refractivity contribution is 9.10. The molecule has 108 valence electrons. The van der Waals surface area contributed by atoms with Crippen LogP contribution in [-0.4, -0.2) is 48.5 Å². The Bertz CT molecular complexity index is 517. The van der Waals surface area contributed by atoms with Gasteiger partial charge in [-0.3, -0.25) is 19.8 Å². The molecule has 0 radical (unpaired) electrons. The predicted octanol–water partition coefficient (Wildman–Crippen LogP) is 1.20. The average molecular weight is 343 g/mol. The number of anilines is 1. The maximum absolute atomic E-state index is 11.9. The number of rotatable bonds is 4. The molecule has 2 N–H and O–H groups in total. The molecule has 0 atom stereocenters. The molecule has 1 heterocycles. The molecule has 0 aromatic heterocycles. The first-order valence-electron chi connectivity index (χ1n) is 6.23. The van der Waals surface area contributed by atoms with Gasteiger partial charge < -0.3 is 10.6 Å². The molecule has 0 aliphatic carbocycles. The van der Waals surface area contributed by atoms with Crippen molar-refractivity contribution in [3.63, 3.8) is 0 Å². The van der Waals surface area contributed by atoms with Crippen LogP contribution in [0.3, 0.4) is 0 Å². The predicted molar refractivity (Wildman–Crippen MR) is 78.7 cm³/mol. The minimum absolute atomic E-state index is 0.118. The zero-order valence-electron chi connectivity index (χ0n) is 10.8. The van der Waals surface area contributed by atoms with Gasteiger partial charge in [0.2, 0.25) is 5.91 Å². The van der Waals surface area contributed by atoms with Gasteiger partial charge >= 0.3 is 0 Å². The van der Waals surface area contributed by atoms with Crippen molar-refractivity contribution in [3.05, 3.63) is 32.8 Å². The first kappa shape index (κ1) is 14.9. The van der Waals surface area contributed by atoms with Crippen molar-refractivity contribution in [1.82, 2.24) is 10.2 Å². The Balaban J connectivity index is 2.01. The van der Waals surface area contributed by atoms with Gasteiger partial charge in [-0.1, -0.05) is 15.9 Å². The van der Waals surface area contributed by atoms with E-state index in [9.17, 15) is 14.9 Å². The Kier molecular flexibility index (Phi) is 5.05. The van der Waals surface area contributed by atoms with Crippen LogP contribution in [0.5, 0.6) is 0 Å². The number of carbonyl (C=O) groups is 1. The Labute approximate surface area is 124 Å². The Hall–Kier alpha value is -1.51. The summed E-state index contributed by atoms with van der Waals surface area (Å²) in [4.78, 5) is 24.4. The van der Waals surface area contributed by atoms with E-state index in [2.05, 4.69) is 26.6 Å². The fraction of sp³-hybridized carbons (Fsp3) is 0.417. The third kappa shape index (κ3) is 3.99. The molecule has 0 spiro atoms. The molecule has 1 aliphatic heterocycles. The number of hydrogen-bond acceptors (Lipinski definition) is 5. The minimum atomic E-state index is -0.509. The maximum Gasteiger partial charge on any atom is 0.293 e. The van der Waals surface area contributed by atoms with Crippen molar-refractivity contribution in [2.24, 2.45) is 0 Å². The van der Waals surface area contributed by atoms with E-state index >= 15 is 0 Å². The Morgan fingerprint density at radius 3 is 2.80 bits per heavy atom. The van der Waals surface area contributed by atoms with E-state index in [1.54, 1.807) is 6.07 Å². The summed E-state index contributed by atoms with van der Waals surface area (Å²) in [5.74, 6) is -0.239. The van der Waals surface area contributed by atoms with E-state index < -0.39 is 4.92 Å². The van der Waals surface area contributed by atoms with Crippen LogP contribution in [0.25, 0.3) is 0 Å². The van der Waals surface area contributed by atoms with Crippen molar-refractivity contribution in [2.45, 2.75) is 0 Å². The van der Waals surface area contributed by atoms with Crippen molar-refractivity contribution in [1.29, 1.82) is 0 Å². The fourth-order valence-corrected chi connectivity index (χ4v) is 2.37. The van der Waals surface area contributed by atoms with Gasteiger partial charge in [0.1, 0.15) is 5.69 Å². The number of nitrogens with zero attached hydrogens (tertiary/aromatic N) is 2. The van der Waals surface area contributed by atoms with Gasteiger partial charge in [0.05, 0.1) is 11.5 Å². The van der Waals surface area contributed by atoms with Crippen molar-refractivity contribution in [2.75, 3.05) is 38.0 Å². The van der Waals surface area contributed by atoms with E-state index in [0.29, 0.717) is 4.47 Å². The lowest BCUT2D eigenvalue weighted by Crippen LogP contribution is -2.46. The van der Waals surface area contributed by atoms with Crippen molar-refractivity contribution >= 4 is 33.2 Å². The molecular weight excluding hydrogens is 328 g/mol. The Morgan fingerprint density at radius 1 is 1.45 bits per heavy atom. The molecule has 1 aromatic carbocycles. The van der Waals surface area contributed by atoms with Crippen molar-refractivity contribution in [3.8, 4) is 0 Å². The molecule has 0 unspecified atom stereocenters. The second-order valence-electron chi connectivity index (χ2n) is 4.49. The molecule has 8 heteroatoms. The second-order valence-corrected chi connectivity index (χ2v) is 5.41. The van der Waals surface area contributed by atoms with Gasteiger partial charge in [0, 0.05) is 36.7 Å². The quantitative estimate of drug-likeness (QED) is 0.634. The van der Waals surface area contributed by atoms with E-state index in [1.165, 1.54) is 12.1 Å². The third-order valence-corrected chi connectivity index (χ3v) is 3.50. The maximum atomic E-state index is 11.9. The molecular formula is C12H15BrN4O3. The van der Waals surface area contributed by atoms with Crippen LogP contribution in [0.2, 0.25) is 0 Å². The number of amides is 1. The molecule has 1 aromatic rings. The van der Waals surface area contributed by atoms with Gasteiger partial charge in [0.15, 0.2) is 0 Å². The molecule has 0 saturated carbocycles. The van der Waals surface area contributed by atoms with Crippen LogP contribution >= 0.6 is 15.9 Å². The smallest absolute Gasteiger partial charge is 0.293 e. The van der Waals surface area contributed by atoms with Gasteiger partial charge in [-0.05, 0) is 12.1 Å². The first-order valence-corrected chi connectivity index (χ1v) is 7.02. The molecule has 20 heavy (non-hydrogen) atoms. The molecule has 0 bridgehead atoms. The topological polar surface area (TPSA) is 87.5 Å². The molecule has 1 fully saturated rings. The van der Waals surface area contributed by atoms with Gasteiger partial charge in [0.25, 0.3) is 5.69 Å². The normalized spacial score (nSPS) is 15.8. The number of halogens is 1. The lowest BCUT2D eigenvalue weighted by atomic mass is 10.2. The summed E-state index contributed by atoms with van der Waals surface area (Å²) >= 11 is 3.18. The van der Waals surface area contributed by atoms with Crippen LogP contribution < -0.4 is 10.6 Å². The monoisotopic (exact) mass is 342 g/mol. The van der Waals surface area contributed by atoms with Crippen molar-refractivity contribution < 1.29 is 9.72 Å². The molecule has 2 rings (SSSR count). The number of piperazine rings is 1. The molecule has 7 nitrogen and oxygen atoms in total. The Morgan fingerprint density at radius 2 is 2.15 bits per heavy atom. The summed E-state index contributed by atoms with van der Waals surface area (Å²) in [7, 11) is 0. The molecule has 1 aliphatic rings. The highest BCUT2D eigenvalue weighted by atomic mass is 79.9. The number of nitro groups is 1. The number of nitro benzene ring substituents is 1. The molecule has 1 amide bonds. The second kappa shape index (κ2) is 6.78. The standard InChI is InChI=1S/C12H15BrN4O3/c13-9-1-2-10(11(7-9)17(19)20)15-12(18)8-16-5-3-14-4-6-16/h1-2,7,14H,3-6,8H2,(H,15,18). The van der Waals surface area contributed by atoms with E-state index in [1.807, 2.05) is 4.90 Å². The van der Waals surface area contributed by atoms with Crippen LogP contribution in [-0.2, 0) is 4.79 Å². The number of carbonyl (C=O) groups excluding carboxylic acids is 1. The van der Waals surface area contributed by atoms with E-state index in [0.717, 1.165) is 26.2 Å². The van der Waals surface area contributed by atoms with E-state index in [-0.39, 0.29) is 23.8 Å². The summed E-state index contributed by atoms with van der Waals surface area (Å²) < 4.78 is 0.601. The average Bonchev–Trinajstić information content (AvgIpc) is 2.41. The summed E-state index contributed by atoms with van der Waals surface area (Å²) in [5.41, 5.74) is 0.103. The highest BCUT2D eigenvalue weighted by Gasteiger charge is 2.18. The van der Waals surface area contributed by atoms with Gasteiger partial charge in [-0.15, -0.1) is 0 Å².